The van der Waals surface area contributed by atoms with Gasteiger partial charge >= 0.3 is 0 Å². The molecule has 11 nitrogen and oxygen atoms in total. The zero-order valence-electron chi connectivity index (χ0n) is 17.0. The Bertz CT molecular complexity index is 1130. The summed E-state index contributed by atoms with van der Waals surface area (Å²) in [5.41, 5.74) is 0.301. The molecule has 0 unspecified atom stereocenters. The van der Waals surface area contributed by atoms with Gasteiger partial charge in [-0.1, -0.05) is 11.6 Å². The van der Waals surface area contributed by atoms with Crippen LogP contribution in [0.15, 0.2) is 36.7 Å². The number of nitrogens with one attached hydrogen (secondary N) is 2. The summed E-state index contributed by atoms with van der Waals surface area (Å²) >= 11 is 6.02. The van der Waals surface area contributed by atoms with Gasteiger partial charge in [0.15, 0.2) is 0 Å². The lowest BCUT2D eigenvalue weighted by molar-refractivity contribution is -0.121. The third-order valence-electron chi connectivity index (χ3n) is 4.69. The largest absolute Gasteiger partial charge is 0.491 e. The molecule has 0 bridgehead atoms. The van der Waals surface area contributed by atoms with Crippen molar-refractivity contribution in [2.45, 2.75) is 6.42 Å². The summed E-state index contributed by atoms with van der Waals surface area (Å²) in [7, 11) is 0. The second-order valence-electron chi connectivity index (χ2n) is 6.97. The Morgan fingerprint density at radius 3 is 2.91 bits per heavy atom. The fraction of sp³-hybridized carbons (Fsp3) is 0.300. The highest BCUT2D eigenvalue weighted by Gasteiger charge is 2.23. The third-order valence-corrected chi connectivity index (χ3v) is 4.92. The highest BCUT2D eigenvalue weighted by Crippen LogP contribution is 2.23. The number of halogens is 1. The van der Waals surface area contributed by atoms with Crippen LogP contribution in [0.4, 0.5) is 0 Å². The van der Waals surface area contributed by atoms with Gasteiger partial charge in [0.1, 0.15) is 12.4 Å². The van der Waals surface area contributed by atoms with Crippen LogP contribution in [0.25, 0.3) is 5.78 Å². The number of rotatable bonds is 1. The van der Waals surface area contributed by atoms with Gasteiger partial charge in [-0.2, -0.15) is 4.98 Å². The molecule has 0 aliphatic carbocycles. The molecule has 0 radical (unpaired) electrons. The van der Waals surface area contributed by atoms with Crippen LogP contribution < -0.4 is 15.4 Å². The van der Waals surface area contributed by atoms with Crippen LogP contribution in [0.3, 0.4) is 0 Å². The average Bonchev–Trinajstić information content (AvgIpc) is 3.22. The average molecular weight is 458 g/mol. The standard InChI is InChI=1S/C20H20ClN7O4/c21-13-3-4-15-14(11-13)18(30)23-5-1-8-27(12-16(29)22-7-10-32-15)19(31)17-25-20-24-6-2-9-28(20)26-17/h2-4,6,9,11H,1,5,7-8,10,12H2,(H,22,29)(H,23,30). The van der Waals surface area contributed by atoms with Crippen LogP contribution in [0.5, 0.6) is 5.75 Å². The second-order valence-corrected chi connectivity index (χ2v) is 7.41. The molecule has 0 spiro atoms. The molecule has 2 aromatic heterocycles. The lowest BCUT2D eigenvalue weighted by Gasteiger charge is -2.21. The number of carbonyl (C=O) groups is 3. The van der Waals surface area contributed by atoms with E-state index in [-0.39, 0.29) is 56.2 Å². The van der Waals surface area contributed by atoms with E-state index in [2.05, 4.69) is 25.7 Å². The number of hydrogen-bond acceptors (Lipinski definition) is 7. The van der Waals surface area contributed by atoms with Crippen LogP contribution in [-0.2, 0) is 4.79 Å². The molecule has 2 N–H and O–H groups in total. The molecule has 0 saturated heterocycles. The summed E-state index contributed by atoms with van der Waals surface area (Å²) in [6, 6.07) is 6.43. The van der Waals surface area contributed by atoms with Gasteiger partial charge < -0.3 is 20.3 Å². The van der Waals surface area contributed by atoms with Gasteiger partial charge in [-0.15, -0.1) is 5.10 Å². The fourth-order valence-corrected chi connectivity index (χ4v) is 3.34. The SMILES string of the molecule is O=C1CN(C(=O)c2nc3ncccn3n2)CCCNC(=O)c2cc(Cl)ccc2OCCN1. The number of nitrogens with zero attached hydrogens (tertiary/aromatic N) is 5. The van der Waals surface area contributed by atoms with Crippen molar-refractivity contribution in [2.75, 3.05) is 32.8 Å². The normalized spacial score (nSPS) is 15.8. The van der Waals surface area contributed by atoms with Crippen LogP contribution in [0.2, 0.25) is 5.02 Å². The Balaban J connectivity index is 1.50. The predicted molar refractivity (Wildman–Crippen MR) is 114 cm³/mol. The minimum Gasteiger partial charge on any atom is -0.491 e. The van der Waals surface area contributed by atoms with Crippen molar-refractivity contribution in [3.63, 3.8) is 0 Å². The van der Waals surface area contributed by atoms with Gasteiger partial charge in [0.2, 0.25) is 11.7 Å². The first-order valence-electron chi connectivity index (χ1n) is 9.95. The first-order valence-corrected chi connectivity index (χ1v) is 10.3. The van der Waals surface area contributed by atoms with E-state index in [1.54, 1.807) is 30.6 Å². The van der Waals surface area contributed by atoms with Crippen molar-refractivity contribution in [2.24, 2.45) is 0 Å². The number of carbonyl (C=O) groups excluding carboxylic acids is 3. The van der Waals surface area contributed by atoms with Crippen molar-refractivity contribution in [1.82, 2.24) is 35.1 Å². The van der Waals surface area contributed by atoms with Crippen molar-refractivity contribution < 1.29 is 19.1 Å². The van der Waals surface area contributed by atoms with E-state index in [1.807, 2.05) is 0 Å². The molecule has 3 amide bonds. The molecule has 166 valence electrons. The van der Waals surface area contributed by atoms with Crippen molar-refractivity contribution in [3.05, 3.63) is 53.1 Å². The third kappa shape index (κ3) is 4.94. The van der Waals surface area contributed by atoms with Crippen LogP contribution in [0.1, 0.15) is 27.4 Å². The number of hydrogen-bond donors (Lipinski definition) is 2. The summed E-state index contributed by atoms with van der Waals surface area (Å²) in [6.07, 6.45) is 3.58. The summed E-state index contributed by atoms with van der Waals surface area (Å²) in [6.45, 7) is 0.648. The van der Waals surface area contributed by atoms with Crippen LogP contribution >= 0.6 is 11.6 Å². The van der Waals surface area contributed by atoms with Gasteiger partial charge in [0.05, 0.1) is 18.7 Å². The highest BCUT2D eigenvalue weighted by molar-refractivity contribution is 6.31. The van der Waals surface area contributed by atoms with Crippen LogP contribution in [-0.4, -0.2) is 75.0 Å². The van der Waals surface area contributed by atoms with Gasteiger partial charge in [-0.25, -0.2) is 9.50 Å². The molecular formula is C20H20ClN7O4. The maximum absolute atomic E-state index is 13.0. The van der Waals surface area contributed by atoms with Crippen LogP contribution in [0, 0.1) is 0 Å². The molecule has 3 aromatic rings. The minimum absolute atomic E-state index is 0.0615. The minimum atomic E-state index is -0.502. The Morgan fingerprint density at radius 1 is 1.19 bits per heavy atom. The maximum Gasteiger partial charge on any atom is 0.294 e. The van der Waals surface area contributed by atoms with Gasteiger partial charge in [0.25, 0.3) is 17.6 Å². The first kappa shape index (κ1) is 21.5. The Kier molecular flexibility index (Phi) is 6.45. The van der Waals surface area contributed by atoms with E-state index in [9.17, 15) is 14.4 Å². The zero-order chi connectivity index (χ0) is 22.5. The monoisotopic (exact) mass is 457 g/mol. The summed E-state index contributed by atoms with van der Waals surface area (Å²) in [4.78, 5) is 47.5. The van der Waals surface area contributed by atoms with E-state index in [1.165, 1.54) is 15.5 Å². The number of ether oxygens (including phenoxy) is 1. The number of benzene rings is 1. The molecule has 12 heteroatoms. The first-order chi connectivity index (χ1) is 15.5. The van der Waals surface area contributed by atoms with E-state index in [0.29, 0.717) is 22.8 Å². The molecule has 32 heavy (non-hydrogen) atoms. The zero-order valence-corrected chi connectivity index (χ0v) is 17.7. The van der Waals surface area contributed by atoms with Gasteiger partial charge in [-0.05, 0) is 30.7 Å². The fourth-order valence-electron chi connectivity index (χ4n) is 3.17. The van der Waals surface area contributed by atoms with Gasteiger partial charge in [0, 0.05) is 30.5 Å². The molecular weight excluding hydrogens is 438 g/mol. The molecule has 0 saturated carbocycles. The van der Waals surface area contributed by atoms with Crippen molar-refractivity contribution >= 4 is 35.1 Å². The molecule has 0 fully saturated rings. The van der Waals surface area contributed by atoms with E-state index in [0.717, 1.165) is 0 Å². The Labute approximate surface area is 187 Å². The summed E-state index contributed by atoms with van der Waals surface area (Å²) in [5, 5.41) is 10.0. The lowest BCUT2D eigenvalue weighted by atomic mass is 10.2. The van der Waals surface area contributed by atoms with Crippen molar-refractivity contribution in [1.29, 1.82) is 0 Å². The maximum atomic E-state index is 13.0. The Morgan fingerprint density at radius 2 is 2.06 bits per heavy atom. The topological polar surface area (TPSA) is 131 Å². The number of aromatic nitrogens is 4. The Hall–Kier alpha value is -3.73. The molecule has 0 atom stereocenters. The molecule has 4 rings (SSSR count). The quantitative estimate of drug-likeness (QED) is 0.545. The van der Waals surface area contributed by atoms with E-state index >= 15 is 0 Å². The molecule has 3 heterocycles. The van der Waals surface area contributed by atoms with E-state index in [4.69, 9.17) is 16.3 Å². The molecule has 1 aromatic carbocycles. The lowest BCUT2D eigenvalue weighted by Crippen LogP contribution is -2.43. The smallest absolute Gasteiger partial charge is 0.294 e. The van der Waals surface area contributed by atoms with Crippen molar-refractivity contribution in [3.8, 4) is 5.75 Å². The van der Waals surface area contributed by atoms with E-state index < -0.39 is 5.91 Å². The van der Waals surface area contributed by atoms with Gasteiger partial charge in [-0.3, -0.25) is 14.4 Å². The number of amides is 3. The highest BCUT2D eigenvalue weighted by atomic mass is 35.5. The number of fused-ring (bicyclic) bond motifs is 2. The molecule has 1 aliphatic heterocycles. The molecule has 1 aliphatic rings. The summed E-state index contributed by atoms with van der Waals surface area (Å²) in [5.74, 6) is -0.590. The second kappa shape index (κ2) is 9.60. The summed E-state index contributed by atoms with van der Waals surface area (Å²) < 4.78 is 7.03. The predicted octanol–water partition coefficient (Wildman–Crippen LogP) is 0.549.